The topological polar surface area (TPSA) is 44.4 Å². The van der Waals surface area contributed by atoms with E-state index in [1.165, 1.54) is 0 Å². The van der Waals surface area contributed by atoms with E-state index in [-0.39, 0.29) is 11.9 Å². The summed E-state index contributed by atoms with van der Waals surface area (Å²) >= 11 is 0. The van der Waals surface area contributed by atoms with E-state index in [9.17, 15) is 4.79 Å². The molecule has 1 unspecified atom stereocenters. The third-order valence-corrected chi connectivity index (χ3v) is 3.93. The molecule has 0 radical (unpaired) electrons. The van der Waals surface area contributed by atoms with E-state index >= 15 is 0 Å². The van der Waals surface area contributed by atoms with Gasteiger partial charge in [0.15, 0.2) is 0 Å². The quantitative estimate of drug-likeness (QED) is 0.809. The fourth-order valence-electron chi connectivity index (χ4n) is 2.61. The highest BCUT2D eigenvalue weighted by atomic mass is 16.2. The third kappa shape index (κ3) is 4.13. The van der Waals surface area contributed by atoms with E-state index < -0.39 is 0 Å². The zero-order chi connectivity index (χ0) is 15.1. The van der Waals surface area contributed by atoms with Crippen LogP contribution < -0.4 is 10.6 Å². The van der Waals surface area contributed by atoms with Gasteiger partial charge in [0.1, 0.15) is 6.04 Å². The Morgan fingerprint density at radius 3 is 2.38 bits per heavy atom. The van der Waals surface area contributed by atoms with Gasteiger partial charge in [-0.15, -0.1) is 0 Å². The number of amides is 1. The number of unbranched alkanes of at least 4 members (excludes halogenated alkanes) is 2. The fraction of sp³-hybridized carbons (Fsp3) is 0.588. The van der Waals surface area contributed by atoms with Crippen LogP contribution in [0.5, 0.6) is 0 Å². The first kappa shape index (κ1) is 15.7. The van der Waals surface area contributed by atoms with Crippen molar-refractivity contribution in [1.82, 2.24) is 4.90 Å². The van der Waals surface area contributed by atoms with Crippen molar-refractivity contribution in [3.05, 3.63) is 24.3 Å². The van der Waals surface area contributed by atoms with Gasteiger partial charge in [-0.2, -0.15) is 0 Å². The highest BCUT2D eigenvalue weighted by molar-refractivity contribution is 5.88. The van der Waals surface area contributed by atoms with E-state index in [2.05, 4.69) is 24.5 Å². The Hall–Kier alpha value is -1.71. The number of para-hydroxylation sites is 2. The summed E-state index contributed by atoms with van der Waals surface area (Å²) in [4.78, 5) is 14.8. The van der Waals surface area contributed by atoms with Crippen LogP contribution in [0.3, 0.4) is 0 Å². The van der Waals surface area contributed by atoms with Gasteiger partial charge in [0, 0.05) is 19.6 Å². The Balaban J connectivity index is 2.00. The molecule has 0 saturated carbocycles. The lowest BCUT2D eigenvalue weighted by Gasteiger charge is -2.32. The lowest BCUT2D eigenvalue weighted by molar-refractivity contribution is -0.131. The number of nitrogens with zero attached hydrogens (tertiary/aromatic N) is 1. The van der Waals surface area contributed by atoms with Gasteiger partial charge in [-0.1, -0.05) is 38.8 Å². The molecule has 4 heteroatoms. The summed E-state index contributed by atoms with van der Waals surface area (Å²) in [5.74, 6) is 0.221. The second-order valence-corrected chi connectivity index (χ2v) is 5.66. The maximum Gasteiger partial charge on any atom is 0.246 e. The number of hydrogen-bond acceptors (Lipinski definition) is 3. The molecule has 1 aromatic rings. The molecular weight excluding hydrogens is 262 g/mol. The van der Waals surface area contributed by atoms with E-state index in [1.807, 2.05) is 29.2 Å². The van der Waals surface area contributed by atoms with Crippen LogP contribution in [0, 0.1) is 0 Å². The molecule has 21 heavy (non-hydrogen) atoms. The molecule has 0 bridgehead atoms. The number of fused-ring (bicyclic) bond motifs is 1. The van der Waals surface area contributed by atoms with Crippen molar-refractivity contribution in [3.63, 3.8) is 0 Å². The zero-order valence-electron chi connectivity index (χ0n) is 13.2. The average Bonchev–Trinajstić information content (AvgIpc) is 2.54. The molecule has 116 valence electrons. The summed E-state index contributed by atoms with van der Waals surface area (Å²) in [5, 5.41) is 6.73. The summed E-state index contributed by atoms with van der Waals surface area (Å²) in [5.41, 5.74) is 2.10. The minimum Gasteiger partial charge on any atom is -0.381 e. The highest BCUT2D eigenvalue weighted by Crippen LogP contribution is 2.25. The summed E-state index contributed by atoms with van der Waals surface area (Å²) in [6.07, 6.45) is 4.39. The van der Waals surface area contributed by atoms with E-state index in [1.54, 1.807) is 0 Å². The molecule has 2 N–H and O–H groups in total. The van der Waals surface area contributed by atoms with Crippen LogP contribution in [0.15, 0.2) is 24.3 Å². The van der Waals surface area contributed by atoms with Crippen LogP contribution in [0.2, 0.25) is 0 Å². The Morgan fingerprint density at radius 1 is 1.14 bits per heavy atom. The van der Waals surface area contributed by atoms with Crippen LogP contribution >= 0.6 is 0 Å². The van der Waals surface area contributed by atoms with Crippen molar-refractivity contribution in [2.75, 3.05) is 30.3 Å². The number of rotatable bonds is 7. The Morgan fingerprint density at radius 2 is 1.76 bits per heavy atom. The molecule has 0 aromatic heterocycles. The van der Waals surface area contributed by atoms with Crippen LogP contribution in [0.4, 0.5) is 11.4 Å². The summed E-state index contributed by atoms with van der Waals surface area (Å²) < 4.78 is 0. The van der Waals surface area contributed by atoms with Crippen LogP contribution in [-0.4, -0.2) is 36.5 Å². The van der Waals surface area contributed by atoms with Crippen molar-refractivity contribution in [2.45, 2.75) is 45.6 Å². The molecule has 1 aliphatic heterocycles. The first-order chi connectivity index (χ1) is 10.3. The number of nitrogens with one attached hydrogen (secondary N) is 2. The van der Waals surface area contributed by atoms with E-state index in [0.29, 0.717) is 6.54 Å². The van der Waals surface area contributed by atoms with E-state index in [0.717, 1.165) is 50.1 Å². The molecule has 2 rings (SSSR count). The predicted molar refractivity (Wildman–Crippen MR) is 88.7 cm³/mol. The van der Waals surface area contributed by atoms with Crippen LogP contribution in [-0.2, 0) is 4.79 Å². The smallest absolute Gasteiger partial charge is 0.246 e. The molecule has 1 heterocycles. The molecule has 1 aliphatic rings. The van der Waals surface area contributed by atoms with Gasteiger partial charge >= 0.3 is 0 Å². The Labute approximate surface area is 127 Å². The summed E-state index contributed by atoms with van der Waals surface area (Å²) in [7, 11) is 0. The van der Waals surface area contributed by atoms with Gasteiger partial charge in [-0.3, -0.25) is 4.79 Å². The molecule has 0 aliphatic carbocycles. The second-order valence-electron chi connectivity index (χ2n) is 5.66. The SMILES string of the molecule is CCCCN(CCCC)C(=O)C1CNc2ccccc2N1. The number of carbonyl (C=O) groups is 1. The molecule has 0 fully saturated rings. The van der Waals surface area contributed by atoms with Gasteiger partial charge in [0.2, 0.25) is 5.91 Å². The molecular formula is C17H27N3O. The molecule has 0 saturated heterocycles. The maximum atomic E-state index is 12.7. The minimum atomic E-state index is -0.159. The Kier molecular flexibility index (Phi) is 5.90. The van der Waals surface area contributed by atoms with Crippen LogP contribution in [0.25, 0.3) is 0 Å². The highest BCUT2D eigenvalue weighted by Gasteiger charge is 2.27. The lowest BCUT2D eigenvalue weighted by Crippen LogP contribution is -2.48. The average molecular weight is 289 g/mol. The lowest BCUT2D eigenvalue weighted by atomic mass is 10.1. The molecule has 1 atom stereocenters. The van der Waals surface area contributed by atoms with Gasteiger partial charge in [-0.25, -0.2) is 0 Å². The number of benzene rings is 1. The summed E-state index contributed by atoms with van der Waals surface area (Å²) in [6.45, 7) is 6.73. The standard InChI is InChI=1S/C17H27N3O/c1-3-5-11-20(12-6-4-2)17(21)16-13-18-14-9-7-8-10-15(14)19-16/h7-10,16,18-19H,3-6,11-13H2,1-2H3. The van der Waals surface area contributed by atoms with Gasteiger partial charge in [-0.05, 0) is 25.0 Å². The predicted octanol–water partition coefficient (Wildman–Crippen LogP) is 3.32. The molecule has 1 amide bonds. The Bertz CT molecular complexity index is 453. The summed E-state index contributed by atoms with van der Waals surface area (Å²) in [6, 6.07) is 7.89. The molecule has 4 nitrogen and oxygen atoms in total. The molecule has 0 spiro atoms. The zero-order valence-corrected chi connectivity index (χ0v) is 13.2. The largest absolute Gasteiger partial charge is 0.381 e. The number of hydrogen-bond donors (Lipinski definition) is 2. The molecule has 1 aromatic carbocycles. The number of carbonyl (C=O) groups excluding carboxylic acids is 1. The van der Waals surface area contributed by atoms with Crippen molar-refractivity contribution in [2.24, 2.45) is 0 Å². The van der Waals surface area contributed by atoms with Gasteiger partial charge in [0.05, 0.1) is 11.4 Å². The normalized spacial score (nSPS) is 16.6. The first-order valence-electron chi connectivity index (χ1n) is 8.14. The fourth-order valence-corrected chi connectivity index (χ4v) is 2.61. The monoisotopic (exact) mass is 289 g/mol. The minimum absolute atomic E-state index is 0.159. The van der Waals surface area contributed by atoms with Crippen LogP contribution in [0.1, 0.15) is 39.5 Å². The van der Waals surface area contributed by atoms with Crippen molar-refractivity contribution in [3.8, 4) is 0 Å². The number of anilines is 2. The van der Waals surface area contributed by atoms with Crippen molar-refractivity contribution in [1.29, 1.82) is 0 Å². The third-order valence-electron chi connectivity index (χ3n) is 3.93. The van der Waals surface area contributed by atoms with Crippen molar-refractivity contribution < 1.29 is 4.79 Å². The van der Waals surface area contributed by atoms with E-state index in [4.69, 9.17) is 0 Å². The maximum absolute atomic E-state index is 12.7. The first-order valence-corrected chi connectivity index (χ1v) is 8.14. The second kappa shape index (κ2) is 7.91. The van der Waals surface area contributed by atoms with Gasteiger partial charge < -0.3 is 15.5 Å². The van der Waals surface area contributed by atoms with Gasteiger partial charge in [0.25, 0.3) is 0 Å². The van der Waals surface area contributed by atoms with Crippen molar-refractivity contribution >= 4 is 17.3 Å².